The molecule has 1 saturated carbocycles. The van der Waals surface area contributed by atoms with Crippen LogP contribution in [0, 0.1) is 0 Å². The molecule has 0 saturated heterocycles. The summed E-state index contributed by atoms with van der Waals surface area (Å²) in [4.78, 5) is 0. The third kappa shape index (κ3) is 3.04. The minimum atomic E-state index is 0.809. The van der Waals surface area contributed by atoms with Gasteiger partial charge in [0.15, 0.2) is 0 Å². The molecular formula is C9H19NS. The Morgan fingerprint density at radius 2 is 1.91 bits per heavy atom. The molecule has 0 aromatic rings. The molecule has 1 fully saturated rings. The minimum absolute atomic E-state index is 0.809. The summed E-state index contributed by atoms with van der Waals surface area (Å²) in [6, 6.07) is 0.809. The van der Waals surface area contributed by atoms with Crippen LogP contribution in [0.5, 0.6) is 0 Å². The maximum Gasteiger partial charge on any atom is 0.00648 e. The van der Waals surface area contributed by atoms with Crippen LogP contribution in [0.4, 0.5) is 0 Å². The molecule has 0 radical (unpaired) electrons. The first-order chi connectivity index (χ1) is 5.36. The molecule has 0 aliphatic heterocycles. The van der Waals surface area contributed by atoms with E-state index in [-0.39, 0.29) is 0 Å². The third-order valence-corrected chi connectivity index (χ3v) is 3.76. The van der Waals surface area contributed by atoms with Gasteiger partial charge >= 0.3 is 0 Å². The Bertz CT molecular complexity index is 97.7. The van der Waals surface area contributed by atoms with Crippen LogP contribution < -0.4 is 5.32 Å². The molecule has 0 bridgehead atoms. The summed E-state index contributed by atoms with van der Waals surface area (Å²) in [6.45, 7) is 2.26. The topological polar surface area (TPSA) is 12.0 Å². The maximum atomic E-state index is 3.36. The van der Waals surface area contributed by atoms with E-state index in [1.165, 1.54) is 31.4 Å². The van der Waals surface area contributed by atoms with Gasteiger partial charge in [-0.25, -0.2) is 0 Å². The quantitative estimate of drug-likeness (QED) is 0.702. The Hall–Kier alpha value is 0.310. The van der Waals surface area contributed by atoms with E-state index in [1.54, 1.807) is 0 Å². The highest BCUT2D eigenvalue weighted by molar-refractivity contribution is 7.99. The average molecular weight is 173 g/mol. The number of hydrogen-bond donors (Lipinski definition) is 1. The monoisotopic (exact) mass is 173 g/mol. The van der Waals surface area contributed by atoms with Crippen LogP contribution in [0.25, 0.3) is 0 Å². The molecule has 11 heavy (non-hydrogen) atoms. The van der Waals surface area contributed by atoms with E-state index < -0.39 is 0 Å². The van der Waals surface area contributed by atoms with Crippen molar-refractivity contribution in [2.24, 2.45) is 0 Å². The van der Waals surface area contributed by atoms with Gasteiger partial charge in [-0.3, -0.25) is 0 Å². The first-order valence-corrected chi connectivity index (χ1v) is 5.70. The fourth-order valence-corrected chi connectivity index (χ4v) is 2.83. The molecule has 0 atom stereocenters. The van der Waals surface area contributed by atoms with Crippen LogP contribution in [0.3, 0.4) is 0 Å². The molecule has 1 N–H and O–H groups in total. The Kier molecular flexibility index (Phi) is 4.31. The lowest BCUT2D eigenvalue weighted by atomic mass is 9.95. The molecule has 0 amide bonds. The van der Waals surface area contributed by atoms with Crippen LogP contribution in [0.15, 0.2) is 0 Å². The lowest BCUT2D eigenvalue weighted by Crippen LogP contribution is -2.30. The van der Waals surface area contributed by atoms with Crippen molar-refractivity contribution in [3.63, 3.8) is 0 Å². The number of hydrogen-bond acceptors (Lipinski definition) is 2. The Labute approximate surface area is 74.3 Å². The van der Waals surface area contributed by atoms with Gasteiger partial charge in [0.2, 0.25) is 0 Å². The second-order valence-electron chi connectivity index (χ2n) is 3.22. The molecule has 0 spiro atoms. The largest absolute Gasteiger partial charge is 0.317 e. The van der Waals surface area contributed by atoms with Crippen molar-refractivity contribution in [1.29, 1.82) is 0 Å². The highest BCUT2D eigenvalue weighted by atomic mass is 32.2. The van der Waals surface area contributed by atoms with Gasteiger partial charge in [-0.05, 0) is 38.5 Å². The van der Waals surface area contributed by atoms with E-state index in [4.69, 9.17) is 0 Å². The third-order valence-electron chi connectivity index (χ3n) is 2.48. The van der Waals surface area contributed by atoms with Gasteiger partial charge in [-0.2, -0.15) is 11.8 Å². The van der Waals surface area contributed by atoms with E-state index in [0.717, 1.165) is 11.3 Å². The molecule has 2 heteroatoms. The number of nitrogens with one attached hydrogen (secondary N) is 1. The minimum Gasteiger partial charge on any atom is -0.317 e. The van der Waals surface area contributed by atoms with Crippen LogP contribution in [0.1, 0.15) is 32.6 Å². The zero-order valence-corrected chi connectivity index (χ0v) is 8.41. The van der Waals surface area contributed by atoms with Gasteiger partial charge in [0, 0.05) is 11.3 Å². The second kappa shape index (κ2) is 5.04. The van der Waals surface area contributed by atoms with Crippen LogP contribution in [0.2, 0.25) is 0 Å². The smallest absolute Gasteiger partial charge is 0.00648 e. The predicted octanol–water partition coefficient (Wildman–Crippen LogP) is 2.27. The van der Waals surface area contributed by atoms with E-state index in [0.29, 0.717) is 0 Å². The summed E-state index contributed by atoms with van der Waals surface area (Å²) in [6.07, 6.45) is 5.61. The lowest BCUT2D eigenvalue weighted by Gasteiger charge is -2.27. The van der Waals surface area contributed by atoms with Gasteiger partial charge in [0.25, 0.3) is 0 Å². The Morgan fingerprint density at radius 1 is 1.27 bits per heavy atom. The summed E-state index contributed by atoms with van der Waals surface area (Å²) >= 11 is 2.14. The highest BCUT2D eigenvalue weighted by Gasteiger charge is 2.18. The van der Waals surface area contributed by atoms with Crippen molar-refractivity contribution < 1.29 is 0 Å². The number of rotatable bonds is 3. The molecule has 66 valence electrons. The molecule has 1 aliphatic rings. The van der Waals surface area contributed by atoms with E-state index in [2.05, 4.69) is 31.1 Å². The van der Waals surface area contributed by atoms with Gasteiger partial charge in [0.05, 0.1) is 0 Å². The van der Waals surface area contributed by atoms with Crippen molar-refractivity contribution in [2.45, 2.75) is 43.9 Å². The van der Waals surface area contributed by atoms with Gasteiger partial charge in [-0.1, -0.05) is 6.92 Å². The molecule has 1 nitrogen and oxygen atoms in total. The highest BCUT2D eigenvalue weighted by Crippen LogP contribution is 2.27. The standard InChI is InChI=1S/C9H19NS/c1-3-11-9-6-4-8(10-2)5-7-9/h8-10H,3-7H2,1-2H3. The number of thioether (sulfide) groups is 1. The van der Waals surface area contributed by atoms with Crippen molar-refractivity contribution >= 4 is 11.8 Å². The average Bonchev–Trinajstić information content (AvgIpc) is 2.07. The predicted molar refractivity (Wildman–Crippen MR) is 53.2 cm³/mol. The fourth-order valence-electron chi connectivity index (χ4n) is 1.75. The summed E-state index contributed by atoms with van der Waals surface area (Å²) in [5.74, 6) is 1.29. The second-order valence-corrected chi connectivity index (χ2v) is 4.79. The summed E-state index contributed by atoms with van der Waals surface area (Å²) in [5, 5.41) is 4.32. The SMILES string of the molecule is CCSC1CCC(NC)CC1. The Morgan fingerprint density at radius 3 is 2.36 bits per heavy atom. The van der Waals surface area contributed by atoms with Crippen LogP contribution >= 0.6 is 11.8 Å². The summed E-state index contributed by atoms with van der Waals surface area (Å²) in [7, 11) is 2.08. The van der Waals surface area contributed by atoms with Crippen molar-refractivity contribution in [2.75, 3.05) is 12.8 Å². The molecular weight excluding hydrogens is 154 g/mol. The van der Waals surface area contributed by atoms with E-state index in [1.807, 2.05) is 0 Å². The zero-order valence-electron chi connectivity index (χ0n) is 7.60. The molecule has 1 rings (SSSR count). The zero-order chi connectivity index (χ0) is 8.10. The fraction of sp³-hybridized carbons (Fsp3) is 1.00. The molecule has 0 heterocycles. The van der Waals surface area contributed by atoms with Crippen LogP contribution in [-0.4, -0.2) is 24.1 Å². The molecule has 0 aromatic heterocycles. The van der Waals surface area contributed by atoms with Crippen molar-refractivity contribution in [3.8, 4) is 0 Å². The Balaban J connectivity index is 2.14. The van der Waals surface area contributed by atoms with Gasteiger partial charge < -0.3 is 5.32 Å². The molecule has 0 aromatic carbocycles. The van der Waals surface area contributed by atoms with Crippen molar-refractivity contribution in [1.82, 2.24) is 5.32 Å². The normalized spacial score (nSPS) is 32.2. The first-order valence-electron chi connectivity index (χ1n) is 4.65. The lowest BCUT2D eigenvalue weighted by molar-refractivity contribution is 0.402. The van der Waals surface area contributed by atoms with E-state index in [9.17, 15) is 0 Å². The first kappa shape index (κ1) is 9.40. The van der Waals surface area contributed by atoms with Crippen LogP contribution in [-0.2, 0) is 0 Å². The van der Waals surface area contributed by atoms with Gasteiger partial charge in [-0.15, -0.1) is 0 Å². The summed E-state index contributed by atoms with van der Waals surface area (Å²) in [5.41, 5.74) is 0. The van der Waals surface area contributed by atoms with E-state index >= 15 is 0 Å². The molecule has 1 aliphatic carbocycles. The molecule has 0 unspecified atom stereocenters. The summed E-state index contributed by atoms with van der Waals surface area (Å²) < 4.78 is 0. The maximum absolute atomic E-state index is 3.36. The van der Waals surface area contributed by atoms with Crippen molar-refractivity contribution in [3.05, 3.63) is 0 Å². The van der Waals surface area contributed by atoms with Gasteiger partial charge in [0.1, 0.15) is 0 Å².